The fourth-order valence-corrected chi connectivity index (χ4v) is 4.45. The number of carbonyl (C=O) groups is 2. The van der Waals surface area contributed by atoms with Crippen molar-refractivity contribution >= 4 is 17.5 Å². The highest BCUT2D eigenvalue weighted by molar-refractivity contribution is 5.95. The molecule has 0 spiro atoms. The van der Waals surface area contributed by atoms with Crippen LogP contribution in [0.25, 0.3) is 0 Å². The third kappa shape index (κ3) is 5.12. The number of piperazine rings is 1. The number of carbonyl (C=O) groups excluding carboxylic acids is 2. The highest BCUT2D eigenvalue weighted by Gasteiger charge is 2.35. The van der Waals surface area contributed by atoms with Crippen LogP contribution in [0, 0.1) is 5.82 Å². The molecule has 2 atom stereocenters. The fourth-order valence-electron chi connectivity index (χ4n) is 4.45. The van der Waals surface area contributed by atoms with Crippen LogP contribution in [0.3, 0.4) is 0 Å². The number of amides is 2. The summed E-state index contributed by atoms with van der Waals surface area (Å²) in [5.41, 5.74) is 1.38. The van der Waals surface area contributed by atoms with Gasteiger partial charge in [0.15, 0.2) is 11.5 Å². The molecule has 0 aliphatic carbocycles. The van der Waals surface area contributed by atoms with Crippen molar-refractivity contribution in [3.8, 4) is 11.5 Å². The second kappa shape index (κ2) is 10.1. The fraction of sp³-hybridized carbons (Fsp3) is 0.259. The minimum atomic E-state index is -0.692. The van der Waals surface area contributed by atoms with E-state index in [2.05, 4.69) is 10.2 Å². The molecule has 5 rings (SSSR count). The van der Waals surface area contributed by atoms with Crippen molar-refractivity contribution < 1.29 is 23.5 Å². The Hall–Kier alpha value is -3.91. The molecular weight excluding hydrogens is 449 g/mol. The zero-order valence-corrected chi connectivity index (χ0v) is 19.1. The number of anilines is 1. The van der Waals surface area contributed by atoms with Crippen LogP contribution < -0.4 is 14.8 Å². The predicted octanol–water partition coefficient (Wildman–Crippen LogP) is 3.49. The van der Waals surface area contributed by atoms with E-state index in [0.29, 0.717) is 43.4 Å². The monoisotopic (exact) mass is 475 g/mol. The van der Waals surface area contributed by atoms with E-state index in [1.54, 1.807) is 11.0 Å². The van der Waals surface area contributed by atoms with E-state index >= 15 is 0 Å². The summed E-state index contributed by atoms with van der Waals surface area (Å²) in [7, 11) is 0. The van der Waals surface area contributed by atoms with Crippen molar-refractivity contribution in [1.29, 1.82) is 0 Å². The molecule has 0 aromatic heterocycles. The summed E-state index contributed by atoms with van der Waals surface area (Å²) >= 11 is 0. The lowest BCUT2D eigenvalue weighted by atomic mass is 10.0. The second-order valence-corrected chi connectivity index (χ2v) is 8.53. The quantitative estimate of drug-likeness (QED) is 0.612. The van der Waals surface area contributed by atoms with E-state index in [4.69, 9.17) is 9.47 Å². The van der Waals surface area contributed by atoms with Crippen LogP contribution in [0.2, 0.25) is 0 Å². The van der Waals surface area contributed by atoms with Gasteiger partial charge in [0.1, 0.15) is 18.5 Å². The number of nitrogens with zero attached hydrogens (tertiary/aromatic N) is 2. The Labute approximate surface area is 203 Å². The van der Waals surface area contributed by atoms with Crippen molar-refractivity contribution in [2.75, 3.05) is 38.1 Å². The largest absolute Gasteiger partial charge is 0.485 e. The number of fused-ring (bicyclic) bond motifs is 1. The summed E-state index contributed by atoms with van der Waals surface area (Å²) in [5.74, 6) is 0.519. The molecule has 8 heteroatoms. The lowest BCUT2D eigenvalue weighted by Crippen LogP contribution is -2.55. The Morgan fingerprint density at radius 1 is 0.857 bits per heavy atom. The van der Waals surface area contributed by atoms with Gasteiger partial charge < -0.3 is 19.7 Å². The Balaban J connectivity index is 1.25. The van der Waals surface area contributed by atoms with Crippen molar-refractivity contribution in [3.63, 3.8) is 0 Å². The summed E-state index contributed by atoms with van der Waals surface area (Å²) < 4.78 is 24.9. The molecule has 2 aliphatic rings. The van der Waals surface area contributed by atoms with Crippen LogP contribution in [0.4, 0.5) is 10.1 Å². The third-order valence-corrected chi connectivity index (χ3v) is 6.25. The molecule has 3 aromatic carbocycles. The van der Waals surface area contributed by atoms with Crippen LogP contribution in [0.15, 0.2) is 78.9 Å². The van der Waals surface area contributed by atoms with Gasteiger partial charge in [0, 0.05) is 31.9 Å². The number of rotatable bonds is 5. The molecule has 0 bridgehead atoms. The molecule has 2 amide bonds. The van der Waals surface area contributed by atoms with Gasteiger partial charge >= 0.3 is 0 Å². The first-order chi connectivity index (χ1) is 17.1. The van der Waals surface area contributed by atoms with Gasteiger partial charge in [0.25, 0.3) is 5.91 Å². The van der Waals surface area contributed by atoms with Gasteiger partial charge in [-0.15, -0.1) is 0 Å². The van der Waals surface area contributed by atoms with Crippen LogP contribution in [0.5, 0.6) is 11.5 Å². The predicted molar refractivity (Wildman–Crippen MR) is 129 cm³/mol. The molecule has 0 saturated carbocycles. The summed E-state index contributed by atoms with van der Waals surface area (Å²) in [5, 5.41) is 2.90. The standard InChI is InChI=1S/C27H26FN3O4/c28-20-10-12-21(13-11-20)29-26(32)25(19-6-2-1-3-7-19)30-14-16-31(17-15-30)27(33)24-18-34-22-8-4-5-9-23(22)35-24/h1-13,24-25H,14-18H2,(H,29,32). The maximum atomic E-state index is 13.3. The molecule has 3 aromatic rings. The number of halogens is 1. The lowest BCUT2D eigenvalue weighted by molar-refractivity contribution is -0.143. The van der Waals surface area contributed by atoms with Crippen LogP contribution in [-0.4, -0.2) is 60.5 Å². The summed E-state index contributed by atoms with van der Waals surface area (Å²) in [6.45, 7) is 2.14. The molecule has 1 fully saturated rings. The highest BCUT2D eigenvalue weighted by atomic mass is 19.1. The Morgan fingerprint density at radius 2 is 1.51 bits per heavy atom. The van der Waals surface area contributed by atoms with Gasteiger partial charge in [-0.1, -0.05) is 42.5 Å². The number of benzene rings is 3. The molecule has 1 saturated heterocycles. The maximum Gasteiger partial charge on any atom is 0.267 e. The minimum absolute atomic E-state index is 0.119. The first-order valence-corrected chi connectivity index (χ1v) is 11.6. The van der Waals surface area contributed by atoms with Crippen molar-refractivity contribution in [1.82, 2.24) is 9.80 Å². The maximum absolute atomic E-state index is 13.3. The van der Waals surface area contributed by atoms with E-state index in [-0.39, 0.29) is 24.2 Å². The van der Waals surface area contributed by atoms with E-state index in [1.165, 1.54) is 24.3 Å². The zero-order chi connectivity index (χ0) is 24.2. The molecule has 35 heavy (non-hydrogen) atoms. The van der Waals surface area contributed by atoms with Gasteiger partial charge in [-0.3, -0.25) is 14.5 Å². The first-order valence-electron chi connectivity index (χ1n) is 11.6. The summed E-state index contributed by atoms with van der Waals surface area (Å²) in [4.78, 5) is 30.2. The van der Waals surface area contributed by atoms with Gasteiger partial charge in [-0.2, -0.15) is 0 Å². The van der Waals surface area contributed by atoms with E-state index < -0.39 is 12.1 Å². The Morgan fingerprint density at radius 3 is 2.23 bits per heavy atom. The Bertz CT molecular complexity index is 1180. The van der Waals surface area contributed by atoms with Crippen molar-refractivity contribution in [2.45, 2.75) is 12.1 Å². The van der Waals surface area contributed by atoms with Crippen molar-refractivity contribution in [2.24, 2.45) is 0 Å². The minimum Gasteiger partial charge on any atom is -0.485 e. The molecule has 0 radical (unpaired) electrons. The second-order valence-electron chi connectivity index (χ2n) is 8.53. The van der Waals surface area contributed by atoms with Gasteiger partial charge in [-0.05, 0) is 42.0 Å². The third-order valence-electron chi connectivity index (χ3n) is 6.25. The lowest BCUT2D eigenvalue weighted by Gasteiger charge is -2.40. The molecule has 2 unspecified atom stereocenters. The van der Waals surface area contributed by atoms with E-state index in [9.17, 15) is 14.0 Å². The SMILES string of the molecule is O=C(Nc1ccc(F)cc1)C(c1ccccc1)N1CCN(C(=O)C2COc3ccccc3O2)CC1. The van der Waals surface area contributed by atoms with E-state index in [1.807, 2.05) is 48.5 Å². The van der Waals surface area contributed by atoms with Crippen LogP contribution in [-0.2, 0) is 9.59 Å². The number of ether oxygens (including phenoxy) is 2. The summed E-state index contributed by atoms with van der Waals surface area (Å²) in [6.07, 6.45) is -0.692. The summed E-state index contributed by atoms with van der Waals surface area (Å²) in [6, 6.07) is 22.0. The normalized spacial score (nSPS) is 18.5. The Kier molecular flexibility index (Phi) is 6.63. The number of hydrogen-bond donors (Lipinski definition) is 1. The first kappa shape index (κ1) is 22.9. The topological polar surface area (TPSA) is 71.1 Å². The molecule has 2 heterocycles. The number of nitrogens with one attached hydrogen (secondary N) is 1. The molecule has 1 N–H and O–H groups in total. The average Bonchev–Trinajstić information content (AvgIpc) is 2.90. The average molecular weight is 476 g/mol. The molecule has 7 nitrogen and oxygen atoms in total. The molecule has 180 valence electrons. The van der Waals surface area contributed by atoms with Gasteiger partial charge in [0.05, 0.1) is 0 Å². The van der Waals surface area contributed by atoms with E-state index in [0.717, 1.165) is 5.56 Å². The van der Waals surface area contributed by atoms with Gasteiger partial charge in [-0.25, -0.2) is 4.39 Å². The van der Waals surface area contributed by atoms with Gasteiger partial charge in [0.2, 0.25) is 12.0 Å². The van der Waals surface area contributed by atoms with Crippen LogP contribution in [0.1, 0.15) is 11.6 Å². The zero-order valence-electron chi connectivity index (χ0n) is 19.1. The van der Waals surface area contributed by atoms with Crippen molar-refractivity contribution in [3.05, 3.63) is 90.2 Å². The highest BCUT2D eigenvalue weighted by Crippen LogP contribution is 2.31. The molecule has 2 aliphatic heterocycles. The number of hydrogen-bond acceptors (Lipinski definition) is 5. The van der Waals surface area contributed by atoms with Crippen LogP contribution >= 0.6 is 0 Å². The number of para-hydroxylation sites is 2. The smallest absolute Gasteiger partial charge is 0.267 e. The molecular formula is C27H26FN3O4.